The van der Waals surface area contributed by atoms with Gasteiger partial charge in [-0.2, -0.15) is 5.26 Å². The molecular weight excluding hydrogens is 346 g/mol. The Labute approximate surface area is 148 Å². The van der Waals surface area contributed by atoms with Crippen molar-refractivity contribution in [1.82, 2.24) is 4.98 Å². The number of phenolic OH excluding ortho intramolecular Hbond substituents is 2. The number of halogens is 1. The fourth-order valence-corrected chi connectivity index (χ4v) is 2.85. The van der Waals surface area contributed by atoms with Gasteiger partial charge in [0.05, 0.1) is 11.0 Å². The van der Waals surface area contributed by atoms with Crippen molar-refractivity contribution in [1.29, 1.82) is 5.26 Å². The molecule has 0 spiro atoms. The van der Waals surface area contributed by atoms with Crippen molar-refractivity contribution in [2.75, 3.05) is 0 Å². The first-order valence-electron chi connectivity index (χ1n) is 7.13. The lowest BCUT2D eigenvalue weighted by atomic mass is 9.92. The first-order valence-corrected chi connectivity index (χ1v) is 7.51. The van der Waals surface area contributed by atoms with Crippen molar-refractivity contribution in [3.05, 3.63) is 61.4 Å². The number of hydrogen-bond acceptors (Lipinski definition) is 6. The Kier molecular flexibility index (Phi) is 4.95. The summed E-state index contributed by atoms with van der Waals surface area (Å²) < 4.78 is 0. The number of aromatic hydroxyl groups is 2. The van der Waals surface area contributed by atoms with Crippen LogP contribution in [0.3, 0.4) is 0 Å². The van der Waals surface area contributed by atoms with Crippen molar-refractivity contribution in [2.45, 2.75) is 20.8 Å². The molecule has 1 aromatic heterocycles. The lowest BCUT2D eigenvalue weighted by Gasteiger charge is -2.16. The van der Waals surface area contributed by atoms with E-state index >= 15 is 0 Å². The third-order valence-corrected chi connectivity index (χ3v) is 4.28. The SMILES string of the molecule is Cc1nc(Cl)c(/C(=C\C#N)c2cc(O)c(O)c([N+](=O)[O-])c2)c(C)c1C. The topological polar surface area (TPSA) is 120 Å². The van der Waals surface area contributed by atoms with E-state index in [1.165, 1.54) is 6.08 Å². The smallest absolute Gasteiger partial charge is 0.315 e. The molecule has 0 amide bonds. The van der Waals surface area contributed by atoms with Crippen molar-refractivity contribution >= 4 is 22.9 Å². The predicted molar refractivity (Wildman–Crippen MR) is 92.6 cm³/mol. The highest BCUT2D eigenvalue weighted by molar-refractivity contribution is 6.31. The molecule has 0 aliphatic carbocycles. The van der Waals surface area contributed by atoms with E-state index in [0.717, 1.165) is 29.0 Å². The quantitative estimate of drug-likeness (QED) is 0.281. The Hall–Kier alpha value is -3.11. The lowest BCUT2D eigenvalue weighted by molar-refractivity contribution is -0.386. The van der Waals surface area contributed by atoms with Gasteiger partial charge in [0.1, 0.15) is 5.15 Å². The Balaban J connectivity index is 2.84. The first kappa shape index (κ1) is 18.2. The zero-order valence-electron chi connectivity index (χ0n) is 13.7. The first-order chi connectivity index (χ1) is 11.7. The second kappa shape index (κ2) is 6.79. The maximum Gasteiger partial charge on any atom is 0.315 e. The number of nitro groups is 1. The number of nitro benzene ring substituents is 1. The standard InChI is InChI=1S/C17H14ClN3O4/c1-8-9(2)15(17(18)20-10(8)3)12(4-5-19)11-6-13(21(24)25)16(23)14(22)7-11/h4,6-7,22-23H,1-3H3/b12-4-. The Bertz CT molecular complexity index is 962. The molecule has 0 unspecified atom stereocenters. The molecule has 0 fully saturated rings. The molecule has 0 atom stereocenters. The molecule has 7 nitrogen and oxygen atoms in total. The highest BCUT2D eigenvalue weighted by atomic mass is 35.5. The van der Waals surface area contributed by atoms with Crippen LogP contribution >= 0.6 is 11.6 Å². The van der Waals surface area contributed by atoms with Gasteiger partial charge in [0, 0.05) is 29.0 Å². The van der Waals surface area contributed by atoms with Crippen LogP contribution in [0.2, 0.25) is 5.15 Å². The number of aromatic nitrogens is 1. The van der Waals surface area contributed by atoms with E-state index in [0.29, 0.717) is 5.56 Å². The van der Waals surface area contributed by atoms with Gasteiger partial charge in [0.15, 0.2) is 5.75 Å². The number of rotatable bonds is 3. The van der Waals surface area contributed by atoms with Crippen LogP contribution in [0, 0.1) is 42.2 Å². The van der Waals surface area contributed by atoms with E-state index in [9.17, 15) is 20.3 Å². The molecule has 2 rings (SSSR count). The maximum absolute atomic E-state index is 11.1. The second-order valence-corrected chi connectivity index (χ2v) is 5.78. The number of phenols is 2. The number of benzene rings is 1. The maximum atomic E-state index is 11.1. The van der Waals surface area contributed by atoms with Crippen LogP contribution in [0.15, 0.2) is 18.2 Å². The van der Waals surface area contributed by atoms with Crippen LogP contribution in [0.25, 0.3) is 5.57 Å². The average molecular weight is 360 g/mol. The molecule has 0 aliphatic heterocycles. The van der Waals surface area contributed by atoms with Gasteiger partial charge < -0.3 is 10.2 Å². The number of hydrogen-bond donors (Lipinski definition) is 2. The predicted octanol–water partition coefficient (Wildman–Crippen LogP) is 3.93. The monoisotopic (exact) mass is 359 g/mol. The summed E-state index contributed by atoms with van der Waals surface area (Å²) in [4.78, 5) is 14.5. The normalized spacial score (nSPS) is 11.2. The fraction of sp³-hybridized carbons (Fsp3) is 0.176. The summed E-state index contributed by atoms with van der Waals surface area (Å²) in [6.45, 7) is 5.44. The van der Waals surface area contributed by atoms with E-state index in [4.69, 9.17) is 16.9 Å². The van der Waals surface area contributed by atoms with E-state index in [-0.39, 0.29) is 16.3 Å². The molecule has 2 aromatic rings. The van der Waals surface area contributed by atoms with E-state index in [1.54, 1.807) is 13.8 Å². The van der Waals surface area contributed by atoms with Gasteiger partial charge in [0.2, 0.25) is 5.75 Å². The van der Waals surface area contributed by atoms with Crippen molar-refractivity contribution < 1.29 is 15.1 Å². The van der Waals surface area contributed by atoms with Crippen LogP contribution in [-0.2, 0) is 0 Å². The second-order valence-electron chi connectivity index (χ2n) is 5.42. The van der Waals surface area contributed by atoms with Gasteiger partial charge in [-0.1, -0.05) is 11.6 Å². The van der Waals surface area contributed by atoms with Crippen LogP contribution in [-0.4, -0.2) is 20.1 Å². The van der Waals surface area contributed by atoms with Crippen LogP contribution in [0.1, 0.15) is 27.9 Å². The minimum atomic E-state index is -0.842. The average Bonchev–Trinajstić information content (AvgIpc) is 2.54. The van der Waals surface area contributed by atoms with Crippen LogP contribution < -0.4 is 0 Å². The van der Waals surface area contributed by atoms with E-state index in [1.807, 2.05) is 13.0 Å². The summed E-state index contributed by atoms with van der Waals surface area (Å²) in [5.41, 5.74) is 2.53. The summed E-state index contributed by atoms with van der Waals surface area (Å²) in [6.07, 6.45) is 1.17. The Morgan fingerprint density at radius 1 is 1.32 bits per heavy atom. The molecule has 0 aliphatic rings. The molecule has 8 heteroatoms. The molecule has 1 aromatic carbocycles. The number of pyridine rings is 1. The van der Waals surface area contributed by atoms with Gasteiger partial charge >= 0.3 is 5.69 Å². The van der Waals surface area contributed by atoms with Crippen molar-refractivity contribution in [3.63, 3.8) is 0 Å². The molecule has 2 N–H and O–H groups in total. The minimum absolute atomic E-state index is 0.136. The highest BCUT2D eigenvalue weighted by Gasteiger charge is 2.23. The van der Waals surface area contributed by atoms with E-state index in [2.05, 4.69) is 4.98 Å². The minimum Gasteiger partial charge on any atom is -0.504 e. The van der Waals surface area contributed by atoms with Gasteiger partial charge in [-0.25, -0.2) is 4.98 Å². The Morgan fingerprint density at radius 3 is 2.52 bits per heavy atom. The van der Waals surface area contributed by atoms with Crippen LogP contribution in [0.4, 0.5) is 5.69 Å². The van der Waals surface area contributed by atoms with Gasteiger partial charge in [-0.05, 0) is 43.5 Å². The molecule has 0 bridgehead atoms. The number of nitrogens with zero attached hydrogens (tertiary/aromatic N) is 3. The number of allylic oxidation sites excluding steroid dienone is 1. The molecule has 25 heavy (non-hydrogen) atoms. The number of aryl methyl sites for hydroxylation is 1. The molecule has 0 saturated heterocycles. The summed E-state index contributed by atoms with van der Waals surface area (Å²) >= 11 is 6.25. The summed E-state index contributed by atoms with van der Waals surface area (Å²) in [7, 11) is 0. The zero-order chi connectivity index (χ0) is 18.9. The summed E-state index contributed by atoms with van der Waals surface area (Å²) in [5.74, 6) is -1.51. The van der Waals surface area contributed by atoms with E-state index < -0.39 is 22.1 Å². The molecule has 0 radical (unpaired) electrons. The van der Waals surface area contributed by atoms with Crippen LogP contribution in [0.5, 0.6) is 11.5 Å². The molecule has 128 valence electrons. The molecule has 0 saturated carbocycles. The fourth-order valence-electron chi connectivity index (χ4n) is 2.48. The Morgan fingerprint density at radius 2 is 1.96 bits per heavy atom. The summed E-state index contributed by atoms with van der Waals surface area (Å²) in [6, 6.07) is 4.08. The molecule has 1 heterocycles. The van der Waals surface area contributed by atoms with Gasteiger partial charge in [0.25, 0.3) is 0 Å². The third-order valence-electron chi connectivity index (χ3n) is 4.01. The lowest BCUT2D eigenvalue weighted by Crippen LogP contribution is -2.01. The number of nitriles is 1. The zero-order valence-corrected chi connectivity index (χ0v) is 14.4. The van der Waals surface area contributed by atoms with Crippen molar-refractivity contribution in [3.8, 4) is 17.6 Å². The summed E-state index contributed by atoms with van der Waals surface area (Å²) in [5, 5.41) is 39.8. The van der Waals surface area contributed by atoms with Crippen molar-refractivity contribution in [2.24, 2.45) is 0 Å². The highest BCUT2D eigenvalue weighted by Crippen LogP contribution is 2.41. The van der Waals surface area contributed by atoms with Gasteiger partial charge in [-0.15, -0.1) is 0 Å². The largest absolute Gasteiger partial charge is 0.504 e. The third kappa shape index (κ3) is 3.25. The van der Waals surface area contributed by atoms with Gasteiger partial charge in [-0.3, -0.25) is 10.1 Å². The molecular formula is C17H14ClN3O4.